The lowest BCUT2D eigenvalue weighted by Crippen LogP contribution is -2.50. The summed E-state index contributed by atoms with van der Waals surface area (Å²) < 4.78 is 27.6. The highest BCUT2D eigenvalue weighted by atomic mass is 19.1. The van der Waals surface area contributed by atoms with Crippen molar-refractivity contribution in [2.24, 2.45) is 0 Å². The third-order valence-electron chi connectivity index (χ3n) is 5.51. The van der Waals surface area contributed by atoms with Crippen LogP contribution in [-0.2, 0) is 4.74 Å². The number of aromatic nitrogens is 2. The molecule has 150 valence electrons. The maximum absolute atomic E-state index is 13.9. The molecule has 0 aliphatic carbocycles. The van der Waals surface area contributed by atoms with Crippen LogP contribution in [-0.4, -0.2) is 52.0 Å². The minimum Gasteiger partial charge on any atom is -0.485 e. The Hall–Kier alpha value is -2.41. The van der Waals surface area contributed by atoms with Crippen LogP contribution < -0.4 is 4.74 Å². The second-order valence-electron chi connectivity index (χ2n) is 7.95. The molecule has 0 N–H and O–H groups in total. The van der Waals surface area contributed by atoms with Crippen molar-refractivity contribution in [3.63, 3.8) is 0 Å². The van der Waals surface area contributed by atoms with E-state index in [-0.39, 0.29) is 29.6 Å². The first-order chi connectivity index (χ1) is 13.5. The summed E-state index contributed by atoms with van der Waals surface area (Å²) in [6, 6.07) is 8.30. The zero-order valence-corrected chi connectivity index (χ0v) is 16.3. The third kappa shape index (κ3) is 3.63. The standard InChI is InChI=1S/C21H26FN3O3/c1-15(2)25-18(8-10-23-25)20(26)24-11-5-9-21(14-24)12-16(13-27-21)28-19-7-4-3-6-17(19)22/h3-4,6-8,10,15-16H,5,9,11-14H2,1-2H3/t16-,21-/m1/s1. The molecule has 1 aromatic heterocycles. The fourth-order valence-corrected chi connectivity index (χ4v) is 4.21. The number of nitrogens with zero attached hydrogens (tertiary/aromatic N) is 3. The molecule has 7 heteroatoms. The number of benzene rings is 1. The molecule has 2 atom stereocenters. The Balaban J connectivity index is 1.44. The molecule has 1 amide bonds. The van der Waals surface area contributed by atoms with Gasteiger partial charge in [-0.15, -0.1) is 0 Å². The van der Waals surface area contributed by atoms with Crippen LogP contribution in [0.4, 0.5) is 4.39 Å². The van der Waals surface area contributed by atoms with Crippen molar-refractivity contribution in [1.29, 1.82) is 0 Å². The van der Waals surface area contributed by atoms with Gasteiger partial charge in [0, 0.05) is 25.2 Å². The van der Waals surface area contributed by atoms with Gasteiger partial charge in [0.1, 0.15) is 11.8 Å². The maximum Gasteiger partial charge on any atom is 0.272 e. The van der Waals surface area contributed by atoms with Crippen LogP contribution in [0.5, 0.6) is 5.75 Å². The normalized spacial score (nSPS) is 24.9. The summed E-state index contributed by atoms with van der Waals surface area (Å²) in [6.45, 7) is 5.64. The zero-order valence-electron chi connectivity index (χ0n) is 16.3. The molecule has 2 fully saturated rings. The summed E-state index contributed by atoms with van der Waals surface area (Å²) in [5, 5.41) is 4.27. The molecule has 4 rings (SSSR count). The predicted molar refractivity (Wildman–Crippen MR) is 102 cm³/mol. The lowest BCUT2D eigenvalue weighted by molar-refractivity contribution is -0.0456. The minimum absolute atomic E-state index is 0.0210. The first-order valence-electron chi connectivity index (χ1n) is 9.85. The van der Waals surface area contributed by atoms with Crippen LogP contribution in [0.2, 0.25) is 0 Å². The molecule has 2 saturated heterocycles. The second kappa shape index (κ2) is 7.54. The number of amides is 1. The van der Waals surface area contributed by atoms with E-state index in [1.807, 2.05) is 18.7 Å². The third-order valence-corrected chi connectivity index (χ3v) is 5.51. The molecule has 6 nitrogen and oxygen atoms in total. The topological polar surface area (TPSA) is 56.6 Å². The van der Waals surface area contributed by atoms with Crippen LogP contribution in [0.1, 0.15) is 49.6 Å². The highest BCUT2D eigenvalue weighted by Gasteiger charge is 2.46. The van der Waals surface area contributed by atoms with Crippen LogP contribution in [0, 0.1) is 5.82 Å². The van der Waals surface area contributed by atoms with Gasteiger partial charge in [-0.1, -0.05) is 12.1 Å². The highest BCUT2D eigenvalue weighted by molar-refractivity contribution is 5.92. The van der Waals surface area contributed by atoms with Gasteiger partial charge < -0.3 is 14.4 Å². The van der Waals surface area contributed by atoms with Crippen LogP contribution >= 0.6 is 0 Å². The largest absolute Gasteiger partial charge is 0.485 e. The van der Waals surface area contributed by atoms with Crippen molar-refractivity contribution in [2.75, 3.05) is 19.7 Å². The maximum atomic E-state index is 13.9. The monoisotopic (exact) mass is 387 g/mol. The van der Waals surface area contributed by atoms with Crippen LogP contribution in [0.3, 0.4) is 0 Å². The SMILES string of the molecule is CC(C)n1nccc1C(=O)N1CCC[C@@]2(C[C@@H](Oc3ccccc3F)CO2)C1. The molecule has 0 saturated carbocycles. The van der Waals surface area contributed by atoms with Crippen molar-refractivity contribution < 1.29 is 18.7 Å². The smallest absolute Gasteiger partial charge is 0.272 e. The van der Waals surface area contributed by atoms with Gasteiger partial charge in [-0.25, -0.2) is 4.39 Å². The van der Waals surface area contributed by atoms with Crippen LogP contribution in [0.25, 0.3) is 0 Å². The van der Waals surface area contributed by atoms with Crippen molar-refractivity contribution in [3.8, 4) is 5.75 Å². The lowest BCUT2D eigenvalue weighted by Gasteiger charge is -2.39. The number of piperidine rings is 1. The number of hydrogen-bond acceptors (Lipinski definition) is 4. The molecule has 1 aromatic carbocycles. The van der Waals surface area contributed by atoms with Gasteiger partial charge >= 0.3 is 0 Å². The van der Waals surface area contributed by atoms with Crippen molar-refractivity contribution >= 4 is 5.91 Å². The molecule has 2 aliphatic rings. The molecule has 0 radical (unpaired) electrons. The predicted octanol–water partition coefficient (Wildman–Crippen LogP) is 3.45. The van der Waals surface area contributed by atoms with E-state index in [1.165, 1.54) is 6.07 Å². The number of ether oxygens (including phenoxy) is 2. The summed E-state index contributed by atoms with van der Waals surface area (Å²) in [4.78, 5) is 14.9. The Kier molecular flexibility index (Phi) is 5.10. The number of carbonyl (C=O) groups is 1. The number of hydrogen-bond donors (Lipinski definition) is 0. The van der Waals surface area contributed by atoms with Crippen molar-refractivity contribution in [3.05, 3.63) is 48.0 Å². The van der Waals surface area contributed by atoms with E-state index >= 15 is 0 Å². The van der Waals surface area contributed by atoms with Gasteiger partial charge in [-0.2, -0.15) is 5.10 Å². The molecular weight excluding hydrogens is 361 g/mol. The summed E-state index contributed by atoms with van der Waals surface area (Å²) in [6.07, 6.45) is 3.84. The molecule has 1 spiro atoms. The Morgan fingerprint density at radius 1 is 1.36 bits per heavy atom. The van der Waals surface area contributed by atoms with E-state index in [1.54, 1.807) is 35.1 Å². The van der Waals surface area contributed by atoms with Crippen molar-refractivity contribution in [2.45, 2.75) is 50.9 Å². The van der Waals surface area contributed by atoms with E-state index in [4.69, 9.17) is 9.47 Å². The highest BCUT2D eigenvalue weighted by Crippen LogP contribution is 2.37. The van der Waals surface area contributed by atoms with Gasteiger partial charge in [0.15, 0.2) is 11.6 Å². The van der Waals surface area contributed by atoms with E-state index in [0.29, 0.717) is 31.8 Å². The van der Waals surface area contributed by atoms with Gasteiger partial charge in [-0.3, -0.25) is 9.48 Å². The summed E-state index contributed by atoms with van der Waals surface area (Å²) >= 11 is 0. The number of likely N-dealkylation sites (tertiary alicyclic amines) is 1. The molecule has 0 unspecified atom stereocenters. The van der Waals surface area contributed by atoms with E-state index in [0.717, 1.165) is 12.8 Å². The second-order valence-corrected chi connectivity index (χ2v) is 7.95. The average molecular weight is 387 g/mol. The van der Waals surface area contributed by atoms with Crippen LogP contribution in [0.15, 0.2) is 36.5 Å². The summed E-state index contributed by atoms with van der Waals surface area (Å²) in [5.41, 5.74) is 0.177. The fraction of sp³-hybridized carbons (Fsp3) is 0.524. The molecule has 3 heterocycles. The van der Waals surface area contributed by atoms with E-state index in [2.05, 4.69) is 5.10 Å². The summed E-state index contributed by atoms with van der Waals surface area (Å²) in [7, 11) is 0. The Morgan fingerprint density at radius 3 is 2.96 bits per heavy atom. The Morgan fingerprint density at radius 2 is 2.18 bits per heavy atom. The minimum atomic E-state index is -0.424. The Bertz CT molecular complexity index is 853. The molecule has 2 aliphatic heterocycles. The fourth-order valence-electron chi connectivity index (χ4n) is 4.21. The molecule has 2 aromatic rings. The molecule has 28 heavy (non-hydrogen) atoms. The van der Waals surface area contributed by atoms with Gasteiger partial charge in [0.2, 0.25) is 0 Å². The quantitative estimate of drug-likeness (QED) is 0.806. The number of halogens is 1. The summed E-state index contributed by atoms with van der Waals surface area (Å²) in [5.74, 6) is -0.143. The number of rotatable bonds is 4. The molecular formula is C21H26FN3O3. The van der Waals surface area contributed by atoms with Gasteiger partial charge in [0.05, 0.1) is 18.8 Å². The van der Waals surface area contributed by atoms with Gasteiger partial charge in [0.25, 0.3) is 5.91 Å². The zero-order chi connectivity index (χ0) is 19.7. The average Bonchev–Trinajstić information content (AvgIpc) is 3.31. The Labute approximate surface area is 164 Å². The van der Waals surface area contributed by atoms with E-state index in [9.17, 15) is 9.18 Å². The first-order valence-corrected chi connectivity index (χ1v) is 9.85. The molecule has 0 bridgehead atoms. The van der Waals surface area contributed by atoms with E-state index < -0.39 is 5.60 Å². The number of carbonyl (C=O) groups excluding carboxylic acids is 1. The first kappa shape index (κ1) is 18.9. The van der Waals surface area contributed by atoms with Crippen molar-refractivity contribution in [1.82, 2.24) is 14.7 Å². The lowest BCUT2D eigenvalue weighted by atomic mass is 9.89. The van der Waals surface area contributed by atoms with Gasteiger partial charge in [-0.05, 0) is 44.9 Å². The number of para-hydroxylation sites is 1.